The van der Waals surface area contributed by atoms with Crippen LogP contribution >= 0.6 is 50.7 Å². The first-order valence-electron chi connectivity index (χ1n) is 9.98. The Kier molecular flexibility index (Phi) is 9.26. The summed E-state index contributed by atoms with van der Waals surface area (Å²) in [5, 5.41) is 12.3. The van der Waals surface area contributed by atoms with E-state index in [1.807, 2.05) is 48.5 Å². The lowest BCUT2D eigenvalue weighted by atomic mass is 10.1. The maximum absolute atomic E-state index is 12.5. The third-order valence-electron chi connectivity index (χ3n) is 4.99. The molecule has 3 aromatic carbocycles. The Bertz CT molecular complexity index is 1030. The molecule has 0 aromatic heterocycles. The summed E-state index contributed by atoms with van der Waals surface area (Å²) in [5.74, 6) is -0.274. The number of halogens is 4. The Hall–Kier alpha value is -1.76. The molecule has 1 heterocycles. The van der Waals surface area contributed by atoms with E-state index in [4.69, 9.17) is 34.8 Å². The van der Waals surface area contributed by atoms with Crippen molar-refractivity contribution in [3.05, 3.63) is 97.9 Å². The van der Waals surface area contributed by atoms with Crippen LogP contribution in [0.3, 0.4) is 0 Å². The van der Waals surface area contributed by atoms with E-state index in [0.29, 0.717) is 41.8 Å². The van der Waals surface area contributed by atoms with Crippen molar-refractivity contribution in [2.75, 3.05) is 31.1 Å². The predicted molar refractivity (Wildman–Crippen MR) is 136 cm³/mol. The highest BCUT2D eigenvalue weighted by Crippen LogP contribution is 2.30. The SMILES string of the molecule is Clc1ccccc1.O=C(C(O)c1ccc(Br)cc1)N1CCN(c2ccc(Cl)cc2Cl)CC1. The van der Waals surface area contributed by atoms with Gasteiger partial charge in [0.25, 0.3) is 5.91 Å². The zero-order chi connectivity index (χ0) is 23.1. The van der Waals surface area contributed by atoms with Gasteiger partial charge in [0, 0.05) is 40.7 Å². The summed E-state index contributed by atoms with van der Waals surface area (Å²) in [6, 6.07) is 22.0. The molecule has 1 atom stereocenters. The van der Waals surface area contributed by atoms with E-state index < -0.39 is 6.10 Å². The van der Waals surface area contributed by atoms with Crippen LogP contribution < -0.4 is 4.90 Å². The van der Waals surface area contributed by atoms with Gasteiger partial charge in [-0.25, -0.2) is 0 Å². The number of hydrogen-bond acceptors (Lipinski definition) is 3. The van der Waals surface area contributed by atoms with Crippen LogP contribution in [0.4, 0.5) is 5.69 Å². The minimum Gasteiger partial charge on any atom is -0.378 e. The number of carbonyl (C=O) groups is 1. The van der Waals surface area contributed by atoms with Crippen molar-refractivity contribution >= 4 is 62.3 Å². The topological polar surface area (TPSA) is 43.8 Å². The molecule has 1 fully saturated rings. The summed E-state index contributed by atoms with van der Waals surface area (Å²) in [5.41, 5.74) is 1.50. The molecule has 0 saturated carbocycles. The molecular weight excluding hydrogens is 535 g/mol. The smallest absolute Gasteiger partial charge is 0.256 e. The van der Waals surface area contributed by atoms with Crippen LogP contribution in [0.25, 0.3) is 0 Å². The highest BCUT2D eigenvalue weighted by Gasteiger charge is 2.27. The first-order valence-corrected chi connectivity index (χ1v) is 11.9. The van der Waals surface area contributed by atoms with Crippen LogP contribution in [-0.2, 0) is 4.79 Å². The zero-order valence-electron chi connectivity index (χ0n) is 17.1. The summed E-state index contributed by atoms with van der Waals surface area (Å²) in [7, 11) is 0. The van der Waals surface area contributed by atoms with E-state index in [-0.39, 0.29) is 5.91 Å². The van der Waals surface area contributed by atoms with Gasteiger partial charge in [-0.05, 0) is 48.0 Å². The van der Waals surface area contributed by atoms with Gasteiger partial charge in [-0.1, -0.05) is 81.1 Å². The van der Waals surface area contributed by atoms with Gasteiger partial charge in [-0.15, -0.1) is 0 Å². The molecule has 8 heteroatoms. The zero-order valence-corrected chi connectivity index (χ0v) is 20.9. The van der Waals surface area contributed by atoms with Gasteiger partial charge in [-0.2, -0.15) is 0 Å². The van der Waals surface area contributed by atoms with Crippen molar-refractivity contribution in [2.24, 2.45) is 0 Å². The quantitative estimate of drug-likeness (QED) is 0.402. The minimum atomic E-state index is -1.14. The number of amides is 1. The third-order valence-corrected chi connectivity index (χ3v) is 6.31. The molecule has 1 unspecified atom stereocenters. The average Bonchev–Trinajstić information content (AvgIpc) is 2.80. The van der Waals surface area contributed by atoms with E-state index in [1.165, 1.54) is 0 Å². The van der Waals surface area contributed by atoms with E-state index >= 15 is 0 Å². The Morgan fingerprint density at radius 3 is 2.00 bits per heavy atom. The third kappa shape index (κ3) is 6.87. The van der Waals surface area contributed by atoms with Crippen LogP contribution in [0.15, 0.2) is 77.3 Å². The number of hydrogen-bond donors (Lipinski definition) is 1. The van der Waals surface area contributed by atoms with Crippen molar-refractivity contribution in [1.29, 1.82) is 0 Å². The second kappa shape index (κ2) is 11.9. The van der Waals surface area contributed by atoms with Crippen LogP contribution in [0, 0.1) is 0 Å². The maximum Gasteiger partial charge on any atom is 0.256 e. The van der Waals surface area contributed by atoms with Crippen LogP contribution in [-0.4, -0.2) is 42.1 Å². The molecule has 1 saturated heterocycles. The number of rotatable bonds is 3. The Labute approximate surface area is 211 Å². The standard InChI is InChI=1S/C18H17BrCl2N2O2.C6H5Cl/c19-13-3-1-12(2-4-13)17(24)18(25)23-9-7-22(8-10-23)16-6-5-14(20)11-15(16)21;7-6-4-2-1-3-5-6/h1-6,11,17,24H,7-10H2;1-5H. The lowest BCUT2D eigenvalue weighted by molar-refractivity contribution is -0.140. The fourth-order valence-electron chi connectivity index (χ4n) is 3.28. The van der Waals surface area contributed by atoms with Gasteiger partial charge in [0.2, 0.25) is 0 Å². The van der Waals surface area contributed by atoms with Crippen molar-refractivity contribution in [1.82, 2.24) is 4.90 Å². The van der Waals surface area contributed by atoms with E-state index in [1.54, 1.807) is 29.2 Å². The Morgan fingerprint density at radius 2 is 1.47 bits per heavy atom. The molecule has 0 spiro atoms. The number of benzene rings is 3. The van der Waals surface area contributed by atoms with E-state index in [9.17, 15) is 9.90 Å². The van der Waals surface area contributed by atoms with Crippen LogP contribution in [0.1, 0.15) is 11.7 Å². The Morgan fingerprint density at radius 1 is 0.844 bits per heavy atom. The number of carbonyl (C=O) groups excluding carboxylic acids is 1. The molecule has 4 nitrogen and oxygen atoms in total. The second-order valence-corrected chi connectivity index (χ2v) is 9.35. The summed E-state index contributed by atoms with van der Waals surface area (Å²) >= 11 is 21.1. The van der Waals surface area contributed by atoms with E-state index in [2.05, 4.69) is 20.8 Å². The number of piperazine rings is 1. The summed E-state index contributed by atoms with van der Waals surface area (Å²) in [6.07, 6.45) is -1.14. The molecular formula is C24H22BrCl3N2O2. The normalized spacial score (nSPS) is 14.4. The molecule has 4 rings (SSSR count). The monoisotopic (exact) mass is 554 g/mol. The lowest BCUT2D eigenvalue weighted by Gasteiger charge is -2.37. The fraction of sp³-hybridized carbons (Fsp3) is 0.208. The summed E-state index contributed by atoms with van der Waals surface area (Å²) in [4.78, 5) is 16.3. The molecule has 1 amide bonds. The van der Waals surface area contributed by atoms with Crippen molar-refractivity contribution in [3.63, 3.8) is 0 Å². The van der Waals surface area contributed by atoms with Gasteiger partial charge in [-0.3, -0.25) is 4.79 Å². The molecule has 1 aliphatic heterocycles. The van der Waals surface area contributed by atoms with E-state index in [0.717, 1.165) is 15.2 Å². The fourth-order valence-corrected chi connectivity index (χ4v) is 4.22. The van der Waals surface area contributed by atoms with Crippen molar-refractivity contribution in [3.8, 4) is 0 Å². The van der Waals surface area contributed by atoms with Crippen LogP contribution in [0.2, 0.25) is 15.1 Å². The van der Waals surface area contributed by atoms with Crippen molar-refractivity contribution < 1.29 is 9.90 Å². The molecule has 32 heavy (non-hydrogen) atoms. The van der Waals surface area contributed by atoms with Crippen LogP contribution in [0.5, 0.6) is 0 Å². The maximum atomic E-state index is 12.5. The first kappa shape index (κ1) is 24.9. The minimum absolute atomic E-state index is 0.274. The summed E-state index contributed by atoms with van der Waals surface area (Å²) < 4.78 is 0.907. The second-order valence-electron chi connectivity index (χ2n) is 7.16. The number of aliphatic hydroxyl groups excluding tert-OH is 1. The van der Waals surface area contributed by atoms with Gasteiger partial charge < -0.3 is 14.9 Å². The summed E-state index contributed by atoms with van der Waals surface area (Å²) in [6.45, 7) is 2.37. The molecule has 3 aromatic rings. The predicted octanol–water partition coefficient (Wildman–Crippen LogP) is 6.48. The highest BCUT2D eigenvalue weighted by atomic mass is 79.9. The lowest BCUT2D eigenvalue weighted by Crippen LogP contribution is -2.50. The molecule has 0 radical (unpaired) electrons. The van der Waals surface area contributed by atoms with Gasteiger partial charge in [0.15, 0.2) is 6.10 Å². The average molecular weight is 557 g/mol. The molecule has 0 aliphatic carbocycles. The number of aliphatic hydroxyl groups is 1. The van der Waals surface area contributed by atoms with Gasteiger partial charge in [0.05, 0.1) is 10.7 Å². The number of anilines is 1. The molecule has 1 aliphatic rings. The molecule has 168 valence electrons. The Balaban J connectivity index is 0.000000352. The molecule has 1 N–H and O–H groups in total. The number of nitrogens with zero attached hydrogens (tertiary/aromatic N) is 2. The van der Waals surface area contributed by atoms with Gasteiger partial charge >= 0.3 is 0 Å². The van der Waals surface area contributed by atoms with Gasteiger partial charge in [0.1, 0.15) is 0 Å². The highest BCUT2D eigenvalue weighted by molar-refractivity contribution is 9.10. The molecule has 0 bridgehead atoms. The largest absolute Gasteiger partial charge is 0.378 e. The van der Waals surface area contributed by atoms with Crippen molar-refractivity contribution in [2.45, 2.75) is 6.10 Å². The first-order chi connectivity index (χ1) is 15.3.